The van der Waals surface area contributed by atoms with Crippen LogP contribution in [0.15, 0.2) is 10.5 Å². The van der Waals surface area contributed by atoms with Crippen molar-refractivity contribution < 1.29 is 9.47 Å². The second-order valence-electron chi connectivity index (χ2n) is 3.46. The van der Waals surface area contributed by atoms with Crippen LogP contribution in [0, 0.1) is 0 Å². The van der Waals surface area contributed by atoms with Crippen molar-refractivity contribution >= 4 is 27.5 Å². The number of hydrogen-bond donors (Lipinski definition) is 1. The lowest BCUT2D eigenvalue weighted by molar-refractivity contribution is 0.348. The molecule has 90 valence electrons. The van der Waals surface area contributed by atoms with Crippen molar-refractivity contribution in [3.05, 3.63) is 21.1 Å². The van der Waals surface area contributed by atoms with Gasteiger partial charge in [-0.1, -0.05) is 18.5 Å². The summed E-state index contributed by atoms with van der Waals surface area (Å²) in [5, 5.41) is 0.627. The number of methoxy groups -OCH3 is 2. The Bertz CT molecular complexity index is 385. The maximum absolute atomic E-state index is 6.19. The van der Waals surface area contributed by atoms with E-state index in [1.165, 1.54) is 0 Å². The molecular weight excluding hydrogens is 293 g/mol. The van der Waals surface area contributed by atoms with Crippen molar-refractivity contribution in [2.75, 3.05) is 20.8 Å². The standard InChI is InChI=1S/C11H15BrClNO2/c1-6(5-14)9-8(13)4-7(12)10(15-2)11(9)16-3/h4,6H,5,14H2,1-3H3. The summed E-state index contributed by atoms with van der Waals surface area (Å²) in [5.74, 6) is 1.39. The molecule has 0 bridgehead atoms. The molecule has 1 aromatic carbocycles. The normalized spacial score (nSPS) is 12.4. The average Bonchev–Trinajstić information content (AvgIpc) is 2.27. The van der Waals surface area contributed by atoms with Gasteiger partial charge in [0, 0.05) is 10.6 Å². The molecule has 1 unspecified atom stereocenters. The first-order valence-corrected chi connectivity index (χ1v) is 6.03. The Hall–Kier alpha value is -0.450. The molecule has 0 radical (unpaired) electrons. The minimum absolute atomic E-state index is 0.115. The van der Waals surface area contributed by atoms with Gasteiger partial charge in [0.05, 0.1) is 18.7 Å². The highest BCUT2D eigenvalue weighted by Gasteiger charge is 2.21. The maximum atomic E-state index is 6.19. The van der Waals surface area contributed by atoms with E-state index in [0.29, 0.717) is 23.1 Å². The zero-order valence-electron chi connectivity index (χ0n) is 9.51. The van der Waals surface area contributed by atoms with Crippen LogP contribution in [0.5, 0.6) is 11.5 Å². The van der Waals surface area contributed by atoms with Gasteiger partial charge in [0.25, 0.3) is 0 Å². The molecule has 5 heteroatoms. The van der Waals surface area contributed by atoms with Gasteiger partial charge in [0.2, 0.25) is 0 Å². The summed E-state index contributed by atoms with van der Waals surface area (Å²) in [6, 6.07) is 1.80. The Morgan fingerprint density at radius 3 is 2.38 bits per heavy atom. The lowest BCUT2D eigenvalue weighted by atomic mass is 9.99. The Balaban J connectivity index is 3.45. The molecule has 0 saturated heterocycles. The van der Waals surface area contributed by atoms with Crippen LogP contribution in [0.2, 0.25) is 5.02 Å². The van der Waals surface area contributed by atoms with E-state index in [1.54, 1.807) is 20.3 Å². The number of ether oxygens (including phenoxy) is 2. The van der Waals surface area contributed by atoms with E-state index in [-0.39, 0.29) is 5.92 Å². The van der Waals surface area contributed by atoms with Gasteiger partial charge in [-0.15, -0.1) is 0 Å². The number of nitrogens with two attached hydrogens (primary N) is 1. The quantitative estimate of drug-likeness (QED) is 0.929. The second kappa shape index (κ2) is 5.75. The van der Waals surface area contributed by atoms with Crippen LogP contribution in [-0.2, 0) is 0 Å². The fourth-order valence-corrected chi connectivity index (χ4v) is 2.65. The van der Waals surface area contributed by atoms with Crippen molar-refractivity contribution in [3.63, 3.8) is 0 Å². The topological polar surface area (TPSA) is 44.5 Å². The summed E-state index contributed by atoms with van der Waals surface area (Å²) >= 11 is 9.58. The van der Waals surface area contributed by atoms with E-state index in [9.17, 15) is 0 Å². The lowest BCUT2D eigenvalue weighted by Gasteiger charge is -2.19. The van der Waals surface area contributed by atoms with Gasteiger partial charge in [0.1, 0.15) is 0 Å². The SMILES string of the molecule is COc1c(Br)cc(Cl)c(C(C)CN)c1OC. The van der Waals surface area contributed by atoms with Crippen molar-refractivity contribution in [1.82, 2.24) is 0 Å². The van der Waals surface area contributed by atoms with Crippen molar-refractivity contribution in [2.24, 2.45) is 5.73 Å². The van der Waals surface area contributed by atoms with E-state index < -0.39 is 0 Å². The molecule has 1 aromatic rings. The average molecular weight is 309 g/mol. The molecule has 0 heterocycles. The number of benzene rings is 1. The summed E-state index contributed by atoms with van der Waals surface area (Å²) in [6.45, 7) is 2.50. The molecule has 0 spiro atoms. The molecule has 3 nitrogen and oxygen atoms in total. The molecule has 0 saturated carbocycles. The Morgan fingerprint density at radius 2 is 1.94 bits per heavy atom. The van der Waals surface area contributed by atoms with Gasteiger partial charge >= 0.3 is 0 Å². The van der Waals surface area contributed by atoms with Crippen LogP contribution in [0.1, 0.15) is 18.4 Å². The summed E-state index contributed by atoms with van der Waals surface area (Å²) in [7, 11) is 3.18. The van der Waals surface area contributed by atoms with Gasteiger partial charge < -0.3 is 15.2 Å². The van der Waals surface area contributed by atoms with Gasteiger partial charge in [-0.2, -0.15) is 0 Å². The van der Waals surface area contributed by atoms with E-state index >= 15 is 0 Å². The van der Waals surface area contributed by atoms with Crippen LogP contribution >= 0.6 is 27.5 Å². The molecule has 1 rings (SSSR count). The second-order valence-corrected chi connectivity index (χ2v) is 4.72. The monoisotopic (exact) mass is 307 g/mol. The van der Waals surface area contributed by atoms with E-state index in [4.69, 9.17) is 26.8 Å². The van der Waals surface area contributed by atoms with Crippen LogP contribution < -0.4 is 15.2 Å². The van der Waals surface area contributed by atoms with Gasteiger partial charge in [-0.05, 0) is 34.5 Å². The molecule has 0 fully saturated rings. The van der Waals surface area contributed by atoms with E-state index in [0.717, 1.165) is 10.0 Å². The maximum Gasteiger partial charge on any atom is 0.175 e. The van der Waals surface area contributed by atoms with Gasteiger partial charge in [0.15, 0.2) is 11.5 Å². The fraction of sp³-hybridized carbons (Fsp3) is 0.455. The molecule has 0 aliphatic heterocycles. The van der Waals surface area contributed by atoms with Gasteiger partial charge in [-0.3, -0.25) is 0 Å². The zero-order valence-corrected chi connectivity index (χ0v) is 11.9. The Morgan fingerprint density at radius 1 is 1.38 bits per heavy atom. The lowest BCUT2D eigenvalue weighted by Crippen LogP contribution is -2.11. The van der Waals surface area contributed by atoms with Crippen LogP contribution in [0.3, 0.4) is 0 Å². The van der Waals surface area contributed by atoms with Crippen LogP contribution in [0.4, 0.5) is 0 Å². The first kappa shape index (κ1) is 13.6. The van der Waals surface area contributed by atoms with Crippen LogP contribution in [-0.4, -0.2) is 20.8 Å². The molecular formula is C11H15BrClNO2. The van der Waals surface area contributed by atoms with E-state index in [1.807, 2.05) is 6.92 Å². The largest absolute Gasteiger partial charge is 0.492 e. The smallest absolute Gasteiger partial charge is 0.175 e. The first-order valence-electron chi connectivity index (χ1n) is 4.86. The summed E-state index contributed by atoms with van der Waals surface area (Å²) in [6.07, 6.45) is 0. The highest BCUT2D eigenvalue weighted by atomic mass is 79.9. The predicted molar refractivity (Wildman–Crippen MR) is 69.7 cm³/mol. The van der Waals surface area contributed by atoms with Gasteiger partial charge in [-0.25, -0.2) is 0 Å². The molecule has 1 atom stereocenters. The third-order valence-corrected chi connectivity index (χ3v) is 3.33. The summed E-state index contributed by atoms with van der Waals surface area (Å²) < 4.78 is 11.4. The highest BCUT2D eigenvalue weighted by Crippen LogP contribution is 2.44. The summed E-state index contributed by atoms with van der Waals surface area (Å²) in [4.78, 5) is 0. The molecule has 0 aliphatic carbocycles. The Labute approximate surface area is 109 Å². The molecule has 0 amide bonds. The predicted octanol–water partition coefficient (Wildman–Crippen LogP) is 3.18. The number of rotatable bonds is 4. The molecule has 0 aliphatic rings. The Kier molecular flexibility index (Phi) is 4.89. The van der Waals surface area contributed by atoms with Crippen molar-refractivity contribution in [2.45, 2.75) is 12.8 Å². The third-order valence-electron chi connectivity index (χ3n) is 2.43. The third kappa shape index (κ3) is 2.44. The van der Waals surface area contributed by atoms with E-state index in [2.05, 4.69) is 15.9 Å². The molecule has 2 N–H and O–H groups in total. The number of hydrogen-bond acceptors (Lipinski definition) is 3. The minimum Gasteiger partial charge on any atom is -0.492 e. The summed E-state index contributed by atoms with van der Waals surface area (Å²) in [5.41, 5.74) is 6.54. The fourth-order valence-electron chi connectivity index (χ4n) is 1.56. The molecule has 0 aromatic heterocycles. The number of halogens is 2. The molecule has 16 heavy (non-hydrogen) atoms. The highest BCUT2D eigenvalue weighted by molar-refractivity contribution is 9.10. The first-order chi connectivity index (χ1) is 7.56. The van der Waals surface area contributed by atoms with Crippen molar-refractivity contribution in [1.29, 1.82) is 0 Å². The van der Waals surface area contributed by atoms with Crippen molar-refractivity contribution in [3.8, 4) is 11.5 Å². The minimum atomic E-state index is 0.115. The zero-order chi connectivity index (χ0) is 12.3. The van der Waals surface area contributed by atoms with Crippen LogP contribution in [0.25, 0.3) is 0 Å².